The average Bonchev–Trinajstić information content (AvgIpc) is 2.76. The van der Waals surface area contributed by atoms with Crippen molar-refractivity contribution in [1.82, 2.24) is 4.31 Å². The van der Waals surface area contributed by atoms with Crippen LogP contribution in [0.3, 0.4) is 0 Å². The van der Waals surface area contributed by atoms with Crippen molar-refractivity contribution in [2.24, 2.45) is 0 Å². The highest BCUT2D eigenvalue weighted by molar-refractivity contribution is 7.89. The number of hydrogen-bond acceptors (Lipinski definition) is 3. The van der Waals surface area contributed by atoms with Gasteiger partial charge in [-0.1, -0.05) is 60.2 Å². The van der Waals surface area contributed by atoms with Gasteiger partial charge in [-0.2, -0.15) is 17.5 Å². The van der Waals surface area contributed by atoms with Crippen LogP contribution in [0.4, 0.5) is 18.9 Å². The van der Waals surface area contributed by atoms with E-state index in [4.69, 9.17) is 0 Å². The Morgan fingerprint density at radius 3 is 2.09 bits per heavy atom. The molecule has 0 bridgehead atoms. The summed E-state index contributed by atoms with van der Waals surface area (Å²) in [5.74, 6) is -0.860. The Kier molecular flexibility index (Phi) is 8.02. The van der Waals surface area contributed by atoms with Gasteiger partial charge >= 0.3 is 6.18 Å². The fraction of sp³-hybridized carbons (Fsp3) is 0.269. The first-order chi connectivity index (χ1) is 16.4. The van der Waals surface area contributed by atoms with E-state index in [1.165, 1.54) is 12.1 Å². The van der Waals surface area contributed by atoms with Gasteiger partial charge in [0.1, 0.15) is 0 Å². The number of sulfonamides is 1. The molecule has 0 radical (unpaired) electrons. The summed E-state index contributed by atoms with van der Waals surface area (Å²) in [6, 6.07) is 17.2. The minimum Gasteiger partial charge on any atom is -0.324 e. The number of carbonyl (C=O) groups is 1. The first-order valence-electron chi connectivity index (χ1n) is 11.0. The second-order valence-electron chi connectivity index (χ2n) is 8.39. The Labute approximate surface area is 203 Å². The highest BCUT2D eigenvalue weighted by atomic mass is 32.2. The number of halogens is 3. The standard InChI is InChI=1S/C26H27F3N2O3S/c1-18-15-19(2)25(20(3)16-18)35(33,34)31(14-13-21-9-5-4-6-10-21)17-24(32)30-23-12-8-7-11-22(23)26(27,28)29/h4-12,15-16H,13-14,17H2,1-3H3,(H,30,32). The van der Waals surface area contributed by atoms with Crippen LogP contribution in [0, 0.1) is 20.8 Å². The summed E-state index contributed by atoms with van der Waals surface area (Å²) in [6.07, 6.45) is -4.34. The second kappa shape index (κ2) is 10.6. The van der Waals surface area contributed by atoms with Gasteiger partial charge in [0.05, 0.1) is 22.7 Å². The molecule has 0 saturated heterocycles. The third-order valence-electron chi connectivity index (χ3n) is 5.52. The van der Waals surface area contributed by atoms with Crippen molar-refractivity contribution in [2.45, 2.75) is 38.3 Å². The zero-order chi connectivity index (χ0) is 25.8. The van der Waals surface area contributed by atoms with Gasteiger partial charge in [-0.3, -0.25) is 4.79 Å². The van der Waals surface area contributed by atoms with Crippen molar-refractivity contribution in [3.63, 3.8) is 0 Å². The van der Waals surface area contributed by atoms with Crippen LogP contribution >= 0.6 is 0 Å². The molecule has 0 atom stereocenters. The molecule has 1 N–H and O–H groups in total. The molecule has 9 heteroatoms. The van der Waals surface area contributed by atoms with E-state index in [0.717, 1.165) is 27.6 Å². The number of para-hydroxylation sites is 1. The molecule has 0 aromatic heterocycles. The van der Waals surface area contributed by atoms with Crippen LogP contribution in [0.1, 0.15) is 27.8 Å². The van der Waals surface area contributed by atoms with Gasteiger partial charge in [-0.15, -0.1) is 0 Å². The minimum atomic E-state index is -4.67. The lowest BCUT2D eigenvalue weighted by Crippen LogP contribution is -2.40. The number of rotatable bonds is 8. The number of benzene rings is 3. The maximum absolute atomic E-state index is 13.7. The van der Waals surface area contributed by atoms with Gasteiger partial charge in [0.25, 0.3) is 0 Å². The van der Waals surface area contributed by atoms with E-state index >= 15 is 0 Å². The van der Waals surface area contributed by atoms with Crippen LogP contribution in [0.5, 0.6) is 0 Å². The fourth-order valence-corrected chi connectivity index (χ4v) is 5.88. The molecular weight excluding hydrogens is 477 g/mol. The highest BCUT2D eigenvalue weighted by Gasteiger charge is 2.34. The fourth-order valence-electron chi connectivity index (χ4n) is 4.07. The van der Waals surface area contributed by atoms with Crippen molar-refractivity contribution in [3.8, 4) is 0 Å². The lowest BCUT2D eigenvalue weighted by molar-refractivity contribution is -0.137. The molecule has 0 heterocycles. The summed E-state index contributed by atoms with van der Waals surface area (Å²) in [7, 11) is -4.12. The van der Waals surface area contributed by atoms with Crippen molar-refractivity contribution in [2.75, 3.05) is 18.4 Å². The lowest BCUT2D eigenvalue weighted by Gasteiger charge is -2.24. The van der Waals surface area contributed by atoms with E-state index < -0.39 is 39.9 Å². The third-order valence-corrected chi connectivity index (χ3v) is 7.67. The molecule has 186 valence electrons. The van der Waals surface area contributed by atoms with E-state index in [0.29, 0.717) is 17.5 Å². The van der Waals surface area contributed by atoms with Crippen molar-refractivity contribution >= 4 is 21.6 Å². The van der Waals surface area contributed by atoms with Gasteiger partial charge in [0.15, 0.2) is 0 Å². The van der Waals surface area contributed by atoms with E-state index in [-0.39, 0.29) is 11.4 Å². The van der Waals surface area contributed by atoms with E-state index in [2.05, 4.69) is 5.32 Å². The highest BCUT2D eigenvalue weighted by Crippen LogP contribution is 2.34. The maximum atomic E-state index is 13.7. The van der Waals surface area contributed by atoms with E-state index in [1.807, 2.05) is 37.3 Å². The molecule has 5 nitrogen and oxygen atoms in total. The monoisotopic (exact) mass is 504 g/mol. The molecule has 3 aromatic carbocycles. The van der Waals surface area contributed by atoms with Gasteiger partial charge in [-0.25, -0.2) is 8.42 Å². The lowest BCUT2D eigenvalue weighted by atomic mass is 10.1. The van der Waals surface area contributed by atoms with Crippen LogP contribution in [-0.4, -0.2) is 31.7 Å². The molecule has 0 spiro atoms. The van der Waals surface area contributed by atoms with Crippen LogP contribution in [-0.2, 0) is 27.4 Å². The number of nitrogens with one attached hydrogen (secondary N) is 1. The summed E-state index contributed by atoms with van der Waals surface area (Å²) in [6.45, 7) is 4.57. The zero-order valence-corrected chi connectivity index (χ0v) is 20.5. The Morgan fingerprint density at radius 1 is 0.914 bits per heavy atom. The minimum absolute atomic E-state index is 0.0204. The summed E-state index contributed by atoms with van der Waals surface area (Å²) >= 11 is 0. The first kappa shape index (κ1) is 26.4. The van der Waals surface area contributed by atoms with Crippen molar-refractivity contribution in [1.29, 1.82) is 0 Å². The Bertz CT molecular complexity index is 1280. The Balaban J connectivity index is 1.93. The molecule has 0 aliphatic heterocycles. The predicted molar refractivity (Wildman–Crippen MR) is 130 cm³/mol. The van der Waals surface area contributed by atoms with Crippen molar-refractivity contribution < 1.29 is 26.4 Å². The van der Waals surface area contributed by atoms with Crippen LogP contribution < -0.4 is 5.32 Å². The number of amides is 1. The van der Waals surface area contributed by atoms with E-state index in [9.17, 15) is 26.4 Å². The van der Waals surface area contributed by atoms with Crippen molar-refractivity contribution in [3.05, 3.63) is 94.5 Å². The smallest absolute Gasteiger partial charge is 0.324 e. The van der Waals surface area contributed by atoms with Gasteiger partial charge in [0.2, 0.25) is 15.9 Å². The van der Waals surface area contributed by atoms with Crippen LogP contribution in [0.15, 0.2) is 71.6 Å². The summed E-state index contributed by atoms with van der Waals surface area (Å²) < 4.78 is 68.4. The molecule has 0 saturated carbocycles. The number of anilines is 1. The molecule has 0 aliphatic rings. The predicted octanol–water partition coefficient (Wildman–Crippen LogP) is 5.50. The molecule has 1 amide bonds. The summed E-state index contributed by atoms with van der Waals surface area (Å²) in [5, 5.41) is 2.24. The Morgan fingerprint density at radius 2 is 1.49 bits per heavy atom. The number of aryl methyl sites for hydroxylation is 3. The summed E-state index contributed by atoms with van der Waals surface area (Å²) in [5.41, 5.74) is 1.42. The molecule has 35 heavy (non-hydrogen) atoms. The topological polar surface area (TPSA) is 66.5 Å². The SMILES string of the molecule is Cc1cc(C)c(S(=O)(=O)N(CCc2ccccc2)CC(=O)Nc2ccccc2C(F)(F)F)c(C)c1. The normalized spacial score (nSPS) is 12.1. The summed E-state index contributed by atoms with van der Waals surface area (Å²) in [4.78, 5) is 12.9. The van der Waals surface area contributed by atoms with Crippen LogP contribution in [0.2, 0.25) is 0 Å². The largest absolute Gasteiger partial charge is 0.418 e. The number of alkyl halides is 3. The second-order valence-corrected chi connectivity index (χ2v) is 10.3. The number of hydrogen-bond donors (Lipinski definition) is 1. The van der Waals surface area contributed by atoms with E-state index in [1.54, 1.807) is 26.0 Å². The molecule has 3 rings (SSSR count). The zero-order valence-electron chi connectivity index (χ0n) is 19.7. The molecule has 0 unspecified atom stereocenters. The van der Waals surface area contributed by atoms with Gasteiger partial charge in [-0.05, 0) is 56.0 Å². The molecule has 3 aromatic rings. The molecule has 0 aliphatic carbocycles. The first-order valence-corrected chi connectivity index (χ1v) is 12.4. The van der Waals surface area contributed by atoms with Crippen LogP contribution in [0.25, 0.3) is 0 Å². The quantitative estimate of drug-likeness (QED) is 0.440. The van der Waals surface area contributed by atoms with Gasteiger partial charge < -0.3 is 5.32 Å². The number of carbonyl (C=O) groups excluding carboxylic acids is 1. The maximum Gasteiger partial charge on any atom is 0.418 e. The van der Waals surface area contributed by atoms with Gasteiger partial charge in [0, 0.05) is 6.54 Å². The average molecular weight is 505 g/mol. The molecular formula is C26H27F3N2O3S. The number of nitrogens with zero attached hydrogens (tertiary/aromatic N) is 1. The Hall–Kier alpha value is -3.17. The third kappa shape index (κ3) is 6.49. The molecule has 0 fully saturated rings.